The molecule has 32 heavy (non-hydrogen) atoms. The van der Waals surface area contributed by atoms with Crippen molar-refractivity contribution in [2.24, 2.45) is 0 Å². The number of ether oxygens (including phenoxy) is 1. The van der Waals surface area contributed by atoms with Gasteiger partial charge in [-0.15, -0.1) is 11.8 Å². The van der Waals surface area contributed by atoms with E-state index in [9.17, 15) is 13.2 Å². The maximum atomic E-state index is 13.1. The van der Waals surface area contributed by atoms with Crippen LogP contribution in [-0.4, -0.2) is 44.9 Å². The minimum Gasteiger partial charge on any atom is -0.379 e. The molecule has 0 unspecified atom stereocenters. The van der Waals surface area contributed by atoms with Crippen molar-refractivity contribution in [3.8, 4) is 0 Å². The molecule has 3 aromatic rings. The summed E-state index contributed by atoms with van der Waals surface area (Å²) in [5, 5.41) is 7.01. The quantitative estimate of drug-likeness (QED) is 0.491. The minimum atomic E-state index is -3.66. The Morgan fingerprint density at radius 2 is 1.94 bits per heavy atom. The molecule has 1 amide bonds. The number of carbonyl (C=O) groups excluding carboxylic acids is 1. The Hall–Kier alpha value is -2.17. The number of carbonyl (C=O) groups is 1. The molecule has 0 atom stereocenters. The van der Waals surface area contributed by atoms with Crippen LogP contribution in [0.3, 0.4) is 0 Å². The molecule has 168 valence electrons. The van der Waals surface area contributed by atoms with E-state index in [1.165, 1.54) is 9.87 Å². The van der Waals surface area contributed by atoms with E-state index in [4.69, 9.17) is 4.74 Å². The van der Waals surface area contributed by atoms with Crippen LogP contribution >= 0.6 is 23.1 Å². The SMILES string of the molecule is Cc1ccc(NC(=O)c2ccccc2SCc2ccsc2)cc1S(=O)(=O)N1CCOCC1. The molecule has 0 aliphatic carbocycles. The van der Waals surface area contributed by atoms with Gasteiger partial charge in [-0.2, -0.15) is 15.6 Å². The Morgan fingerprint density at radius 3 is 2.69 bits per heavy atom. The smallest absolute Gasteiger partial charge is 0.256 e. The van der Waals surface area contributed by atoms with Crippen LogP contribution in [0.4, 0.5) is 5.69 Å². The van der Waals surface area contributed by atoms with E-state index in [1.54, 1.807) is 54.3 Å². The molecule has 0 bridgehead atoms. The Morgan fingerprint density at radius 1 is 1.16 bits per heavy atom. The Balaban J connectivity index is 1.54. The zero-order valence-electron chi connectivity index (χ0n) is 17.6. The Labute approximate surface area is 196 Å². The third-order valence-electron chi connectivity index (χ3n) is 5.14. The number of hydrogen-bond acceptors (Lipinski definition) is 6. The van der Waals surface area contributed by atoms with Gasteiger partial charge in [0.15, 0.2) is 0 Å². The highest BCUT2D eigenvalue weighted by molar-refractivity contribution is 7.98. The first-order valence-electron chi connectivity index (χ1n) is 10.2. The molecule has 9 heteroatoms. The van der Waals surface area contributed by atoms with Crippen molar-refractivity contribution in [1.29, 1.82) is 0 Å². The molecule has 1 aromatic heterocycles. The first-order valence-corrected chi connectivity index (χ1v) is 13.5. The summed E-state index contributed by atoms with van der Waals surface area (Å²) in [5.74, 6) is 0.511. The molecule has 2 aromatic carbocycles. The van der Waals surface area contributed by atoms with Gasteiger partial charge < -0.3 is 10.1 Å². The van der Waals surface area contributed by atoms with E-state index in [1.807, 2.05) is 23.6 Å². The number of aryl methyl sites for hydroxylation is 1. The second-order valence-electron chi connectivity index (χ2n) is 7.37. The fourth-order valence-electron chi connectivity index (χ4n) is 3.40. The van der Waals surface area contributed by atoms with Crippen LogP contribution in [0.15, 0.2) is 69.1 Å². The second-order valence-corrected chi connectivity index (χ2v) is 11.1. The van der Waals surface area contributed by atoms with E-state index >= 15 is 0 Å². The zero-order chi connectivity index (χ0) is 22.6. The number of nitrogens with zero attached hydrogens (tertiary/aromatic N) is 1. The fraction of sp³-hybridized carbons (Fsp3) is 0.261. The second kappa shape index (κ2) is 10.2. The van der Waals surface area contributed by atoms with Crippen molar-refractivity contribution < 1.29 is 17.9 Å². The predicted molar refractivity (Wildman–Crippen MR) is 129 cm³/mol. The van der Waals surface area contributed by atoms with Crippen molar-refractivity contribution in [3.63, 3.8) is 0 Å². The summed E-state index contributed by atoms with van der Waals surface area (Å²) in [6, 6.07) is 14.5. The summed E-state index contributed by atoms with van der Waals surface area (Å²) < 4.78 is 33.0. The molecular formula is C23H24N2O4S3. The summed E-state index contributed by atoms with van der Waals surface area (Å²) in [6.45, 7) is 3.18. The highest BCUT2D eigenvalue weighted by Gasteiger charge is 2.28. The molecule has 0 saturated carbocycles. The predicted octanol–water partition coefficient (Wildman–Crippen LogP) is 4.62. The van der Waals surface area contributed by atoms with Gasteiger partial charge in [-0.3, -0.25) is 4.79 Å². The van der Waals surface area contributed by atoms with Crippen LogP contribution in [0.25, 0.3) is 0 Å². The lowest BCUT2D eigenvalue weighted by Gasteiger charge is -2.26. The maximum Gasteiger partial charge on any atom is 0.256 e. The van der Waals surface area contributed by atoms with Crippen molar-refractivity contribution in [1.82, 2.24) is 4.31 Å². The van der Waals surface area contributed by atoms with Crippen molar-refractivity contribution in [2.45, 2.75) is 22.5 Å². The lowest BCUT2D eigenvalue weighted by Crippen LogP contribution is -2.40. The first kappa shape index (κ1) is 23.0. The third-order valence-corrected chi connectivity index (χ3v) is 9.06. The van der Waals surface area contributed by atoms with Gasteiger partial charge in [0.05, 0.1) is 23.7 Å². The summed E-state index contributed by atoms with van der Waals surface area (Å²) in [6.07, 6.45) is 0. The number of hydrogen-bond donors (Lipinski definition) is 1. The Kier molecular flexibility index (Phi) is 7.32. The van der Waals surface area contributed by atoms with Gasteiger partial charge in [0, 0.05) is 29.4 Å². The number of thioether (sulfide) groups is 1. The van der Waals surface area contributed by atoms with E-state index in [2.05, 4.69) is 16.8 Å². The summed E-state index contributed by atoms with van der Waals surface area (Å²) in [7, 11) is -3.66. The molecule has 6 nitrogen and oxygen atoms in total. The van der Waals surface area contributed by atoms with Crippen molar-refractivity contribution in [2.75, 3.05) is 31.6 Å². The highest BCUT2D eigenvalue weighted by Crippen LogP contribution is 2.29. The zero-order valence-corrected chi connectivity index (χ0v) is 20.1. The van der Waals surface area contributed by atoms with E-state index in [0.29, 0.717) is 43.1 Å². The number of morpholine rings is 1. The third kappa shape index (κ3) is 5.24. The fourth-order valence-corrected chi connectivity index (χ4v) is 6.82. The van der Waals surface area contributed by atoms with Gasteiger partial charge in [0.1, 0.15) is 0 Å². The molecule has 1 aliphatic rings. The van der Waals surface area contributed by atoms with Gasteiger partial charge in [0.2, 0.25) is 10.0 Å². The molecular weight excluding hydrogens is 464 g/mol. The summed E-state index contributed by atoms with van der Waals surface area (Å²) in [5.41, 5.74) is 2.86. The highest BCUT2D eigenvalue weighted by atomic mass is 32.2. The normalized spacial score (nSPS) is 14.9. The number of thiophene rings is 1. The maximum absolute atomic E-state index is 13.1. The first-order chi connectivity index (χ1) is 15.4. The number of benzene rings is 2. The van der Waals surface area contributed by atoms with Gasteiger partial charge >= 0.3 is 0 Å². The summed E-state index contributed by atoms with van der Waals surface area (Å²) in [4.78, 5) is 14.1. The van der Waals surface area contributed by atoms with Gasteiger partial charge in [0.25, 0.3) is 5.91 Å². The average Bonchev–Trinajstić information content (AvgIpc) is 3.33. The topological polar surface area (TPSA) is 75.7 Å². The molecule has 0 spiro atoms. The number of anilines is 1. The van der Waals surface area contributed by atoms with Crippen LogP contribution < -0.4 is 5.32 Å². The van der Waals surface area contributed by atoms with Crippen LogP contribution in [-0.2, 0) is 20.5 Å². The van der Waals surface area contributed by atoms with Crippen LogP contribution in [0.2, 0.25) is 0 Å². The molecule has 2 heterocycles. The van der Waals surface area contributed by atoms with E-state index in [0.717, 1.165) is 10.6 Å². The standard InChI is InChI=1S/C23H24N2O4S3/c1-17-6-7-19(14-22(17)32(27,28)25-9-11-29-12-10-25)24-23(26)20-4-2-3-5-21(20)31-16-18-8-13-30-15-18/h2-8,13-15H,9-12,16H2,1H3,(H,24,26). The lowest BCUT2D eigenvalue weighted by molar-refractivity contribution is 0.0730. The molecule has 1 N–H and O–H groups in total. The largest absolute Gasteiger partial charge is 0.379 e. The number of sulfonamides is 1. The lowest BCUT2D eigenvalue weighted by atomic mass is 10.2. The van der Waals surface area contributed by atoms with E-state index in [-0.39, 0.29) is 10.8 Å². The van der Waals surface area contributed by atoms with Gasteiger partial charge in [-0.1, -0.05) is 18.2 Å². The molecule has 1 saturated heterocycles. The number of nitrogens with one attached hydrogen (secondary N) is 1. The van der Waals surface area contributed by atoms with Gasteiger partial charge in [-0.05, 0) is 59.1 Å². The van der Waals surface area contributed by atoms with Crippen LogP contribution in [0.1, 0.15) is 21.5 Å². The van der Waals surface area contributed by atoms with Gasteiger partial charge in [-0.25, -0.2) is 8.42 Å². The van der Waals surface area contributed by atoms with Crippen LogP contribution in [0, 0.1) is 6.92 Å². The molecule has 4 rings (SSSR count). The van der Waals surface area contributed by atoms with E-state index < -0.39 is 10.0 Å². The summed E-state index contributed by atoms with van der Waals surface area (Å²) >= 11 is 3.25. The van der Waals surface area contributed by atoms with Crippen LogP contribution in [0.5, 0.6) is 0 Å². The van der Waals surface area contributed by atoms with Crippen molar-refractivity contribution in [3.05, 3.63) is 76.0 Å². The number of amides is 1. The number of rotatable bonds is 7. The monoisotopic (exact) mass is 488 g/mol. The average molecular weight is 489 g/mol. The Bertz CT molecular complexity index is 1190. The molecule has 1 fully saturated rings. The van der Waals surface area contributed by atoms with Crippen molar-refractivity contribution >= 4 is 44.7 Å². The molecule has 1 aliphatic heterocycles. The molecule has 0 radical (unpaired) electrons. The minimum absolute atomic E-state index is 0.206.